The Morgan fingerprint density at radius 2 is 1.95 bits per heavy atom. The minimum absolute atomic E-state index is 0.152. The van der Waals surface area contributed by atoms with Gasteiger partial charge in [0.1, 0.15) is 5.82 Å². The lowest BCUT2D eigenvalue weighted by Gasteiger charge is -2.22. The first kappa shape index (κ1) is 17.1. The predicted octanol–water partition coefficient (Wildman–Crippen LogP) is 3.38. The molecular weight excluding hydrogens is 253 g/mol. The van der Waals surface area contributed by atoms with Crippen molar-refractivity contribution in [2.24, 2.45) is 0 Å². The van der Waals surface area contributed by atoms with Crippen LogP contribution in [-0.2, 0) is 0 Å². The summed E-state index contributed by atoms with van der Waals surface area (Å²) in [5.41, 5.74) is 0.891. The molecule has 0 amide bonds. The van der Waals surface area contributed by atoms with Gasteiger partial charge in [0, 0.05) is 12.1 Å². The molecule has 2 unspecified atom stereocenters. The third-order valence-corrected chi connectivity index (χ3v) is 3.73. The van der Waals surface area contributed by atoms with Gasteiger partial charge in [-0.05, 0) is 58.5 Å². The zero-order valence-electron chi connectivity index (χ0n) is 13.2. The number of pyridine rings is 1. The second kappa shape index (κ2) is 9.03. The van der Waals surface area contributed by atoms with Gasteiger partial charge in [0.25, 0.3) is 0 Å². The molecule has 1 aromatic heterocycles. The van der Waals surface area contributed by atoms with E-state index in [1.165, 1.54) is 18.7 Å². The van der Waals surface area contributed by atoms with Gasteiger partial charge in [0.2, 0.25) is 0 Å². The quantitative estimate of drug-likeness (QED) is 0.752. The van der Waals surface area contributed by atoms with Crippen LogP contribution >= 0.6 is 0 Å². The number of hydrogen-bond donors (Lipinski definition) is 1. The summed E-state index contributed by atoms with van der Waals surface area (Å²) in [6.45, 7) is 12.1. The molecule has 0 radical (unpaired) electrons. The van der Waals surface area contributed by atoms with E-state index in [1.807, 2.05) is 0 Å². The molecular formula is C16H28FN3. The Morgan fingerprint density at radius 1 is 1.25 bits per heavy atom. The number of halogens is 1. The monoisotopic (exact) mass is 281 g/mol. The van der Waals surface area contributed by atoms with Crippen LogP contribution in [0.3, 0.4) is 0 Å². The standard InChI is InChI=1S/C16H28FN3/c1-5-20(6-2)11-7-8-13(3)19-14(4)16-10-9-15(17)12-18-16/h9-10,12-14,19H,5-8,11H2,1-4H3. The molecule has 0 aliphatic carbocycles. The highest BCUT2D eigenvalue weighted by molar-refractivity contribution is 5.09. The van der Waals surface area contributed by atoms with Gasteiger partial charge in [-0.3, -0.25) is 4.98 Å². The highest BCUT2D eigenvalue weighted by Gasteiger charge is 2.11. The largest absolute Gasteiger partial charge is 0.306 e. The third-order valence-electron chi connectivity index (χ3n) is 3.73. The van der Waals surface area contributed by atoms with Gasteiger partial charge < -0.3 is 10.2 Å². The van der Waals surface area contributed by atoms with Crippen LogP contribution in [0.1, 0.15) is 52.3 Å². The minimum atomic E-state index is -0.284. The number of rotatable bonds is 9. The minimum Gasteiger partial charge on any atom is -0.306 e. The van der Waals surface area contributed by atoms with E-state index in [2.05, 4.69) is 42.9 Å². The lowest BCUT2D eigenvalue weighted by Crippen LogP contribution is -2.31. The van der Waals surface area contributed by atoms with Crippen molar-refractivity contribution in [3.8, 4) is 0 Å². The molecule has 0 saturated carbocycles. The first-order chi connectivity index (χ1) is 9.56. The maximum Gasteiger partial charge on any atom is 0.141 e. The molecule has 3 nitrogen and oxygen atoms in total. The summed E-state index contributed by atoms with van der Waals surface area (Å²) in [4.78, 5) is 6.56. The van der Waals surface area contributed by atoms with Crippen molar-refractivity contribution in [1.29, 1.82) is 0 Å². The van der Waals surface area contributed by atoms with E-state index in [0.717, 1.165) is 31.7 Å². The molecule has 2 atom stereocenters. The molecule has 0 bridgehead atoms. The van der Waals surface area contributed by atoms with E-state index in [1.54, 1.807) is 6.07 Å². The van der Waals surface area contributed by atoms with Crippen LogP contribution in [-0.4, -0.2) is 35.6 Å². The Morgan fingerprint density at radius 3 is 2.50 bits per heavy atom. The summed E-state index contributed by atoms with van der Waals surface area (Å²) in [6, 6.07) is 3.80. The molecule has 4 heteroatoms. The zero-order valence-corrected chi connectivity index (χ0v) is 13.2. The zero-order chi connectivity index (χ0) is 15.0. The molecule has 0 saturated heterocycles. The van der Waals surface area contributed by atoms with Gasteiger partial charge >= 0.3 is 0 Å². The van der Waals surface area contributed by atoms with Gasteiger partial charge in [-0.15, -0.1) is 0 Å². The predicted molar refractivity (Wildman–Crippen MR) is 82.2 cm³/mol. The Balaban J connectivity index is 2.31. The Bertz CT molecular complexity index is 362. The van der Waals surface area contributed by atoms with E-state index in [-0.39, 0.29) is 11.9 Å². The average molecular weight is 281 g/mol. The maximum absolute atomic E-state index is 12.8. The van der Waals surface area contributed by atoms with E-state index in [9.17, 15) is 4.39 Å². The number of hydrogen-bond acceptors (Lipinski definition) is 3. The van der Waals surface area contributed by atoms with Crippen molar-refractivity contribution < 1.29 is 4.39 Å². The topological polar surface area (TPSA) is 28.2 Å². The van der Waals surface area contributed by atoms with Crippen molar-refractivity contribution in [2.75, 3.05) is 19.6 Å². The third kappa shape index (κ3) is 5.97. The van der Waals surface area contributed by atoms with Crippen molar-refractivity contribution >= 4 is 0 Å². The first-order valence-corrected chi connectivity index (χ1v) is 7.66. The highest BCUT2D eigenvalue weighted by Crippen LogP contribution is 2.12. The van der Waals surface area contributed by atoms with Crippen molar-refractivity contribution in [3.05, 3.63) is 29.8 Å². The van der Waals surface area contributed by atoms with Gasteiger partial charge in [-0.2, -0.15) is 0 Å². The van der Waals surface area contributed by atoms with Crippen LogP contribution < -0.4 is 5.32 Å². The molecule has 0 spiro atoms. The lowest BCUT2D eigenvalue weighted by molar-refractivity contribution is 0.288. The van der Waals surface area contributed by atoms with Crippen LogP contribution in [0, 0.1) is 5.82 Å². The number of nitrogens with zero attached hydrogens (tertiary/aromatic N) is 2. The number of nitrogens with one attached hydrogen (secondary N) is 1. The van der Waals surface area contributed by atoms with Gasteiger partial charge in [0.05, 0.1) is 11.9 Å². The molecule has 0 fully saturated rings. The van der Waals surface area contributed by atoms with Crippen LogP contribution in [0.2, 0.25) is 0 Å². The van der Waals surface area contributed by atoms with Gasteiger partial charge in [-0.25, -0.2) is 4.39 Å². The summed E-state index contributed by atoms with van der Waals surface area (Å²) in [5, 5.41) is 3.52. The second-order valence-electron chi connectivity index (χ2n) is 5.36. The van der Waals surface area contributed by atoms with Crippen LogP contribution in [0.25, 0.3) is 0 Å². The molecule has 1 N–H and O–H groups in total. The normalized spacial score (nSPS) is 14.5. The average Bonchev–Trinajstić information content (AvgIpc) is 2.44. The molecule has 1 rings (SSSR count). The Kier molecular flexibility index (Phi) is 7.70. The fourth-order valence-corrected chi connectivity index (χ4v) is 2.40. The molecule has 20 heavy (non-hydrogen) atoms. The molecule has 1 aromatic rings. The molecule has 0 aliphatic heterocycles. The Labute approximate surface area is 122 Å². The van der Waals surface area contributed by atoms with Crippen molar-refractivity contribution in [1.82, 2.24) is 15.2 Å². The van der Waals surface area contributed by atoms with E-state index in [0.29, 0.717) is 6.04 Å². The van der Waals surface area contributed by atoms with E-state index < -0.39 is 0 Å². The summed E-state index contributed by atoms with van der Waals surface area (Å²) in [6.07, 6.45) is 3.61. The molecule has 114 valence electrons. The second-order valence-corrected chi connectivity index (χ2v) is 5.36. The summed E-state index contributed by atoms with van der Waals surface area (Å²) in [7, 11) is 0. The van der Waals surface area contributed by atoms with Crippen LogP contribution in [0.4, 0.5) is 4.39 Å². The van der Waals surface area contributed by atoms with Crippen molar-refractivity contribution in [2.45, 2.75) is 52.6 Å². The van der Waals surface area contributed by atoms with Gasteiger partial charge in [-0.1, -0.05) is 13.8 Å². The number of aromatic nitrogens is 1. The maximum atomic E-state index is 12.8. The summed E-state index contributed by atoms with van der Waals surface area (Å²) >= 11 is 0. The lowest BCUT2D eigenvalue weighted by atomic mass is 10.1. The highest BCUT2D eigenvalue weighted by atomic mass is 19.1. The fourth-order valence-electron chi connectivity index (χ4n) is 2.40. The first-order valence-electron chi connectivity index (χ1n) is 7.66. The smallest absolute Gasteiger partial charge is 0.141 e. The van der Waals surface area contributed by atoms with E-state index >= 15 is 0 Å². The van der Waals surface area contributed by atoms with Gasteiger partial charge in [0.15, 0.2) is 0 Å². The fraction of sp³-hybridized carbons (Fsp3) is 0.688. The molecule has 1 heterocycles. The SMILES string of the molecule is CCN(CC)CCCC(C)NC(C)c1ccc(F)cn1. The molecule has 0 aliphatic rings. The van der Waals surface area contributed by atoms with Crippen LogP contribution in [0.5, 0.6) is 0 Å². The summed E-state index contributed by atoms with van der Waals surface area (Å²) in [5.74, 6) is -0.284. The van der Waals surface area contributed by atoms with Crippen LogP contribution in [0.15, 0.2) is 18.3 Å². The summed E-state index contributed by atoms with van der Waals surface area (Å²) < 4.78 is 12.8. The Hall–Kier alpha value is -1.00. The van der Waals surface area contributed by atoms with Crippen molar-refractivity contribution in [3.63, 3.8) is 0 Å². The molecule has 0 aromatic carbocycles. The van der Waals surface area contributed by atoms with E-state index in [4.69, 9.17) is 0 Å².